The second-order valence-electron chi connectivity index (χ2n) is 6.08. The summed E-state index contributed by atoms with van der Waals surface area (Å²) in [5.74, 6) is 0.148. The quantitative estimate of drug-likeness (QED) is 0.737. The van der Waals surface area contributed by atoms with Crippen LogP contribution in [0.2, 0.25) is 0 Å². The van der Waals surface area contributed by atoms with E-state index < -0.39 is 5.60 Å². The summed E-state index contributed by atoms with van der Waals surface area (Å²) in [6.07, 6.45) is 5.20. The van der Waals surface area contributed by atoms with Crippen molar-refractivity contribution in [1.82, 2.24) is 10.2 Å². The van der Waals surface area contributed by atoms with Gasteiger partial charge in [0.25, 0.3) is 0 Å². The van der Waals surface area contributed by atoms with E-state index in [9.17, 15) is 9.90 Å². The minimum absolute atomic E-state index is 0.148. The van der Waals surface area contributed by atoms with E-state index in [-0.39, 0.29) is 11.9 Å². The van der Waals surface area contributed by atoms with Crippen molar-refractivity contribution in [1.29, 1.82) is 0 Å². The molecule has 0 aromatic carbocycles. The molecule has 20 heavy (non-hydrogen) atoms. The van der Waals surface area contributed by atoms with Crippen molar-refractivity contribution in [2.24, 2.45) is 0 Å². The van der Waals surface area contributed by atoms with Crippen molar-refractivity contribution in [2.45, 2.75) is 57.6 Å². The molecule has 5 heteroatoms. The second-order valence-corrected chi connectivity index (χ2v) is 6.08. The van der Waals surface area contributed by atoms with Crippen LogP contribution in [0.4, 0.5) is 0 Å². The number of nitrogens with zero attached hydrogens (tertiary/aromatic N) is 1. The first-order valence-electron chi connectivity index (χ1n) is 7.70. The minimum Gasteiger partial charge on any atom is -0.389 e. The van der Waals surface area contributed by atoms with Gasteiger partial charge in [0.1, 0.15) is 0 Å². The van der Waals surface area contributed by atoms with Gasteiger partial charge in [-0.15, -0.1) is 0 Å². The van der Waals surface area contributed by atoms with Gasteiger partial charge in [0, 0.05) is 39.8 Å². The summed E-state index contributed by atoms with van der Waals surface area (Å²) in [4.78, 5) is 14.3. The molecular weight excluding hydrogens is 256 g/mol. The number of ether oxygens (including phenoxy) is 1. The highest BCUT2D eigenvalue weighted by atomic mass is 16.5. The summed E-state index contributed by atoms with van der Waals surface area (Å²) < 4.78 is 4.98. The fraction of sp³-hybridized carbons (Fsp3) is 0.933. The Morgan fingerprint density at radius 3 is 2.50 bits per heavy atom. The van der Waals surface area contributed by atoms with Crippen LogP contribution >= 0.6 is 0 Å². The smallest absolute Gasteiger partial charge is 0.239 e. The second kappa shape index (κ2) is 8.60. The van der Waals surface area contributed by atoms with Gasteiger partial charge in [-0.1, -0.05) is 12.8 Å². The van der Waals surface area contributed by atoms with Crippen LogP contribution in [-0.4, -0.2) is 60.9 Å². The van der Waals surface area contributed by atoms with E-state index in [1.807, 2.05) is 11.8 Å². The first kappa shape index (κ1) is 17.4. The zero-order valence-electron chi connectivity index (χ0n) is 13.2. The lowest BCUT2D eigenvalue weighted by molar-refractivity contribution is -0.133. The molecule has 1 rings (SSSR count). The summed E-state index contributed by atoms with van der Waals surface area (Å²) in [5, 5.41) is 13.3. The van der Waals surface area contributed by atoms with Gasteiger partial charge in [-0.05, 0) is 26.7 Å². The van der Waals surface area contributed by atoms with Gasteiger partial charge >= 0.3 is 0 Å². The molecule has 2 unspecified atom stereocenters. The number of amides is 1. The number of rotatable bonds is 7. The lowest BCUT2D eigenvalue weighted by Gasteiger charge is -2.28. The molecule has 0 radical (unpaired) electrons. The number of carbonyl (C=O) groups is 1. The van der Waals surface area contributed by atoms with Crippen LogP contribution in [0.3, 0.4) is 0 Å². The summed E-state index contributed by atoms with van der Waals surface area (Å²) in [5.41, 5.74) is -0.844. The van der Waals surface area contributed by atoms with Gasteiger partial charge in [0.05, 0.1) is 11.6 Å². The Morgan fingerprint density at radius 1 is 1.35 bits per heavy atom. The van der Waals surface area contributed by atoms with Gasteiger partial charge < -0.3 is 20.1 Å². The fourth-order valence-electron chi connectivity index (χ4n) is 2.44. The molecule has 118 valence electrons. The standard InChI is InChI=1S/C15H30N2O3/c1-13(16-12-15(2,19)8-11-20-3)14(18)17-9-6-4-5-7-10-17/h13,16,19H,4-12H2,1-3H3. The first-order valence-corrected chi connectivity index (χ1v) is 7.70. The molecule has 1 saturated heterocycles. The first-order chi connectivity index (χ1) is 9.46. The average Bonchev–Trinajstić information content (AvgIpc) is 2.71. The highest BCUT2D eigenvalue weighted by Crippen LogP contribution is 2.12. The molecule has 1 aliphatic rings. The summed E-state index contributed by atoms with van der Waals surface area (Å²) in [6.45, 7) is 6.29. The summed E-state index contributed by atoms with van der Waals surface area (Å²) in [7, 11) is 1.62. The maximum atomic E-state index is 12.3. The molecule has 0 bridgehead atoms. The highest BCUT2D eigenvalue weighted by Gasteiger charge is 2.25. The van der Waals surface area contributed by atoms with E-state index in [1.165, 1.54) is 12.8 Å². The Labute approximate surface area is 122 Å². The summed E-state index contributed by atoms with van der Waals surface area (Å²) >= 11 is 0. The van der Waals surface area contributed by atoms with Gasteiger partial charge in [0.2, 0.25) is 5.91 Å². The van der Waals surface area contributed by atoms with E-state index in [4.69, 9.17) is 4.74 Å². The van der Waals surface area contributed by atoms with Crippen LogP contribution in [0, 0.1) is 0 Å². The Bertz CT molecular complexity index is 287. The Balaban J connectivity index is 2.36. The van der Waals surface area contributed by atoms with E-state index in [0.29, 0.717) is 19.6 Å². The van der Waals surface area contributed by atoms with Crippen LogP contribution in [-0.2, 0) is 9.53 Å². The largest absolute Gasteiger partial charge is 0.389 e. The third-order valence-electron chi connectivity index (χ3n) is 3.92. The zero-order valence-corrected chi connectivity index (χ0v) is 13.2. The minimum atomic E-state index is -0.844. The van der Waals surface area contributed by atoms with Crippen molar-refractivity contribution < 1.29 is 14.6 Å². The number of methoxy groups -OCH3 is 1. The van der Waals surface area contributed by atoms with E-state index in [2.05, 4.69) is 5.32 Å². The lowest BCUT2D eigenvalue weighted by atomic mass is 10.0. The van der Waals surface area contributed by atoms with Gasteiger partial charge in [0.15, 0.2) is 0 Å². The average molecular weight is 286 g/mol. The van der Waals surface area contributed by atoms with Crippen LogP contribution in [0.15, 0.2) is 0 Å². The number of hydrogen-bond donors (Lipinski definition) is 2. The van der Waals surface area contributed by atoms with E-state index in [1.54, 1.807) is 14.0 Å². The highest BCUT2D eigenvalue weighted by molar-refractivity contribution is 5.81. The van der Waals surface area contributed by atoms with Gasteiger partial charge in [-0.25, -0.2) is 0 Å². The topological polar surface area (TPSA) is 61.8 Å². The molecule has 1 fully saturated rings. The maximum Gasteiger partial charge on any atom is 0.239 e. The molecule has 5 nitrogen and oxygen atoms in total. The normalized spacial score (nSPS) is 21.1. The molecule has 0 aromatic rings. The van der Waals surface area contributed by atoms with Crippen LogP contribution in [0.5, 0.6) is 0 Å². The molecule has 0 aliphatic carbocycles. The number of hydrogen-bond acceptors (Lipinski definition) is 4. The third-order valence-corrected chi connectivity index (χ3v) is 3.92. The van der Waals surface area contributed by atoms with Crippen LogP contribution < -0.4 is 5.32 Å². The number of aliphatic hydroxyl groups is 1. The predicted molar refractivity (Wildman–Crippen MR) is 79.6 cm³/mol. The van der Waals surface area contributed by atoms with E-state index >= 15 is 0 Å². The lowest BCUT2D eigenvalue weighted by Crippen LogP contribution is -2.49. The Hall–Kier alpha value is -0.650. The number of carbonyl (C=O) groups excluding carboxylic acids is 1. The van der Waals surface area contributed by atoms with Gasteiger partial charge in [-0.3, -0.25) is 4.79 Å². The Morgan fingerprint density at radius 2 is 1.95 bits per heavy atom. The molecule has 2 N–H and O–H groups in total. The van der Waals surface area contributed by atoms with Crippen molar-refractivity contribution >= 4 is 5.91 Å². The van der Waals surface area contributed by atoms with E-state index in [0.717, 1.165) is 25.9 Å². The molecule has 1 amide bonds. The molecular formula is C15H30N2O3. The fourth-order valence-corrected chi connectivity index (χ4v) is 2.44. The monoisotopic (exact) mass is 286 g/mol. The number of nitrogens with one attached hydrogen (secondary N) is 1. The zero-order chi connectivity index (χ0) is 15.0. The van der Waals surface area contributed by atoms with Crippen molar-refractivity contribution in [3.63, 3.8) is 0 Å². The Kier molecular flexibility index (Phi) is 7.48. The molecule has 1 aliphatic heterocycles. The maximum absolute atomic E-state index is 12.3. The number of likely N-dealkylation sites (tertiary alicyclic amines) is 1. The SMILES string of the molecule is COCCC(C)(O)CNC(C)C(=O)N1CCCCCC1. The molecule has 0 aromatic heterocycles. The third kappa shape index (κ3) is 6.20. The van der Waals surface area contributed by atoms with Crippen LogP contribution in [0.1, 0.15) is 46.0 Å². The van der Waals surface area contributed by atoms with Crippen molar-refractivity contribution in [3.8, 4) is 0 Å². The molecule has 0 spiro atoms. The molecule has 0 saturated carbocycles. The summed E-state index contributed by atoms with van der Waals surface area (Å²) in [6, 6.07) is -0.248. The molecule has 1 heterocycles. The predicted octanol–water partition coefficient (Wildman–Crippen LogP) is 1.15. The van der Waals surface area contributed by atoms with Crippen molar-refractivity contribution in [2.75, 3.05) is 33.4 Å². The molecule has 2 atom stereocenters. The van der Waals surface area contributed by atoms with Crippen LogP contribution in [0.25, 0.3) is 0 Å². The van der Waals surface area contributed by atoms with Crippen molar-refractivity contribution in [3.05, 3.63) is 0 Å². The van der Waals surface area contributed by atoms with Gasteiger partial charge in [-0.2, -0.15) is 0 Å².